The second kappa shape index (κ2) is 14.5. The van der Waals surface area contributed by atoms with E-state index in [1.54, 1.807) is 6.92 Å². The number of benzene rings is 1. The molecule has 49 heavy (non-hydrogen) atoms. The highest BCUT2D eigenvalue weighted by atomic mass is 31.2. The van der Waals surface area contributed by atoms with Gasteiger partial charge in [0, 0.05) is 31.1 Å². The quantitative estimate of drug-likeness (QED) is 0.311. The van der Waals surface area contributed by atoms with E-state index in [2.05, 4.69) is 28.7 Å². The van der Waals surface area contributed by atoms with Crippen LogP contribution in [0, 0.1) is 0 Å². The van der Waals surface area contributed by atoms with E-state index in [1.165, 1.54) is 12.3 Å². The summed E-state index contributed by atoms with van der Waals surface area (Å²) in [7, 11) is -1.50. The highest BCUT2D eigenvalue weighted by Gasteiger charge is 2.57. The van der Waals surface area contributed by atoms with Gasteiger partial charge in [0.2, 0.25) is 0 Å². The molecule has 6 heterocycles. The van der Waals surface area contributed by atoms with Gasteiger partial charge in [-0.2, -0.15) is 0 Å². The van der Waals surface area contributed by atoms with Crippen molar-refractivity contribution in [1.29, 1.82) is 0 Å². The normalized spacial score (nSPS) is 35.6. The van der Waals surface area contributed by atoms with Gasteiger partial charge >= 0.3 is 11.4 Å². The number of ether oxygens (including phenoxy) is 2. The Morgan fingerprint density at radius 1 is 0.898 bits per heavy atom. The Labute approximate surface area is 280 Å². The van der Waals surface area contributed by atoms with E-state index >= 15 is 4.39 Å². The zero-order valence-corrected chi connectivity index (χ0v) is 28.1. The monoisotopic (exact) mass is 707 g/mol. The Morgan fingerprint density at radius 3 is 2.02 bits per heavy atom. The predicted octanol–water partition coefficient (Wildman–Crippen LogP) is 2.75. The Hall–Kier alpha value is -3.37. The summed E-state index contributed by atoms with van der Waals surface area (Å²) < 4.78 is 57.6. The molecule has 4 aliphatic heterocycles. The van der Waals surface area contributed by atoms with Crippen LogP contribution < -0.4 is 22.5 Å². The van der Waals surface area contributed by atoms with E-state index < -0.39 is 85.8 Å². The molecule has 0 spiro atoms. The molecule has 1 aromatic carbocycles. The van der Waals surface area contributed by atoms with Crippen LogP contribution in [0.2, 0.25) is 0 Å². The number of aliphatic hydroxyl groups excluding tert-OH is 1. The van der Waals surface area contributed by atoms with Crippen molar-refractivity contribution in [3.8, 4) is 0 Å². The molecule has 3 N–H and O–H groups in total. The molecule has 17 heteroatoms. The Kier molecular flexibility index (Phi) is 10.5. The maximum absolute atomic E-state index is 15.6. The minimum absolute atomic E-state index is 0.161. The van der Waals surface area contributed by atoms with Gasteiger partial charge in [-0.15, -0.1) is 0 Å². The second-order valence-corrected chi connectivity index (χ2v) is 13.9. The van der Waals surface area contributed by atoms with Gasteiger partial charge in [-0.3, -0.25) is 28.7 Å². The highest BCUT2D eigenvalue weighted by molar-refractivity contribution is 7.45. The molecule has 266 valence electrons. The van der Waals surface area contributed by atoms with Crippen LogP contribution in [0.4, 0.5) is 8.78 Å². The zero-order valence-electron chi connectivity index (χ0n) is 27.2. The number of aliphatic hydroxyl groups is 1. The second-order valence-electron chi connectivity index (χ2n) is 12.6. The number of alkyl halides is 2. The van der Waals surface area contributed by atoms with E-state index in [4.69, 9.17) is 18.5 Å². The molecule has 0 bridgehead atoms. The molecule has 4 fully saturated rings. The van der Waals surface area contributed by atoms with Crippen LogP contribution in [0.3, 0.4) is 0 Å². The third-order valence-corrected chi connectivity index (χ3v) is 11.4. The number of hydrogen-bond donors (Lipinski definition) is 3. The number of nitrogens with zero attached hydrogens (tertiary/aromatic N) is 3. The number of hydrogen-bond acceptors (Lipinski definition) is 10. The lowest BCUT2D eigenvalue weighted by Crippen LogP contribution is -2.37. The third kappa shape index (κ3) is 6.75. The van der Waals surface area contributed by atoms with Crippen molar-refractivity contribution in [2.75, 3.05) is 6.54 Å². The van der Waals surface area contributed by atoms with Crippen molar-refractivity contribution in [3.05, 3.63) is 102 Å². The number of aromatic amines is 2. The fraction of sp³-hybridized carbons (Fsp3) is 0.562. The first-order valence-corrected chi connectivity index (χ1v) is 17.5. The van der Waals surface area contributed by atoms with E-state index in [-0.39, 0.29) is 6.04 Å². The Morgan fingerprint density at radius 2 is 1.47 bits per heavy atom. The summed E-state index contributed by atoms with van der Waals surface area (Å²) in [6, 6.07) is 12.5. The van der Waals surface area contributed by atoms with E-state index in [0.29, 0.717) is 12.8 Å². The summed E-state index contributed by atoms with van der Waals surface area (Å²) in [5, 5.41) is 9.55. The average Bonchev–Trinajstić information content (AvgIpc) is 3.83. The van der Waals surface area contributed by atoms with Gasteiger partial charge in [0.15, 0.2) is 24.8 Å². The molecule has 3 aromatic rings. The SMILES string of the molecule is CC[C@H]1O[C@@H](n2ccc(=O)[nH]c2=O)[C@@H](F)C1O.CC[C@H]1O[C@@H](n2ccc(=O)[nH]c2=O)[C@@H](F)C1O[P@@]1O[C@](C)(c2ccccc2)[C@@H]2CCCN21. The fourth-order valence-electron chi connectivity index (χ4n) is 6.88. The molecule has 11 atom stereocenters. The summed E-state index contributed by atoms with van der Waals surface area (Å²) in [5.74, 6) is 0. The fourth-order valence-corrected chi connectivity index (χ4v) is 9.02. The van der Waals surface area contributed by atoms with Crippen molar-refractivity contribution in [2.24, 2.45) is 0 Å². The molecular weight excluding hydrogens is 667 g/mol. The minimum Gasteiger partial charge on any atom is -0.387 e. The lowest BCUT2D eigenvalue weighted by molar-refractivity contribution is -0.0280. The molecule has 7 rings (SSSR count). The summed E-state index contributed by atoms with van der Waals surface area (Å²) in [4.78, 5) is 50.1. The van der Waals surface area contributed by atoms with Crippen LogP contribution >= 0.6 is 8.53 Å². The number of H-pyrrole nitrogens is 2. The summed E-state index contributed by atoms with van der Waals surface area (Å²) in [5.41, 5.74) is -2.02. The summed E-state index contributed by atoms with van der Waals surface area (Å²) in [6.45, 7) is 6.55. The Bertz CT molecular complexity index is 1840. The van der Waals surface area contributed by atoms with Crippen molar-refractivity contribution < 1.29 is 32.4 Å². The smallest absolute Gasteiger partial charge is 0.330 e. The molecule has 4 saturated heterocycles. The van der Waals surface area contributed by atoms with Gasteiger partial charge in [0.1, 0.15) is 17.8 Å². The zero-order chi connectivity index (χ0) is 35.0. The van der Waals surface area contributed by atoms with E-state index in [0.717, 1.165) is 46.3 Å². The number of halogens is 2. The highest BCUT2D eigenvalue weighted by Crippen LogP contribution is 2.64. The first kappa shape index (κ1) is 35.5. The predicted molar refractivity (Wildman–Crippen MR) is 173 cm³/mol. The van der Waals surface area contributed by atoms with Gasteiger partial charge in [0.05, 0.1) is 18.2 Å². The van der Waals surface area contributed by atoms with E-state index in [9.17, 15) is 28.7 Å². The largest absolute Gasteiger partial charge is 0.387 e. The minimum atomic E-state index is -1.69. The standard InChI is InChI=1S/C22H27FN3O5P.C10H13FN2O4/c1-3-15-19(18(23)20(29-15)25-13-11-17(27)24-21(25)28)30-32-26-12-7-10-16(26)22(2,31-32)14-8-5-4-6-9-14;1-2-5-8(15)7(11)9(17-5)13-4-3-6(14)12-10(13)16/h4-6,8-9,11,13,15-16,18-20H,3,7,10,12H2,1-2H3,(H,24,27,28);3-5,7-9,15H,2H2,1H3,(H,12,14,16)/t15-,16+,18+,19?,20-,22-,32+;5-,7+,8?,9-/m11/s1. The maximum atomic E-state index is 15.6. The van der Waals surface area contributed by atoms with Crippen LogP contribution in [0.1, 0.15) is 64.5 Å². The van der Waals surface area contributed by atoms with E-state index in [1.807, 2.05) is 30.1 Å². The lowest BCUT2D eigenvalue weighted by atomic mass is 9.87. The van der Waals surface area contributed by atoms with Crippen molar-refractivity contribution in [3.63, 3.8) is 0 Å². The molecule has 2 unspecified atom stereocenters. The first-order chi connectivity index (χ1) is 23.5. The van der Waals surface area contributed by atoms with Crippen molar-refractivity contribution in [1.82, 2.24) is 23.8 Å². The molecule has 0 radical (unpaired) electrons. The molecule has 4 aliphatic rings. The number of aromatic nitrogens is 4. The van der Waals surface area contributed by atoms with Crippen molar-refractivity contribution >= 4 is 8.53 Å². The van der Waals surface area contributed by atoms with Crippen LogP contribution in [-0.4, -0.2) is 78.2 Å². The van der Waals surface area contributed by atoms with Gasteiger partial charge in [-0.05, 0) is 38.2 Å². The van der Waals surface area contributed by atoms with Crippen LogP contribution in [0.15, 0.2) is 74.0 Å². The average molecular weight is 708 g/mol. The van der Waals surface area contributed by atoms with Gasteiger partial charge in [-0.1, -0.05) is 44.2 Å². The lowest BCUT2D eigenvalue weighted by Gasteiger charge is -2.29. The Balaban J connectivity index is 0.000000207. The molecule has 0 saturated carbocycles. The van der Waals surface area contributed by atoms with Gasteiger partial charge in [-0.25, -0.2) is 23.0 Å². The topological polar surface area (TPSA) is 170 Å². The molecular formula is C32H40F2N5O9P. The molecule has 0 aliphatic carbocycles. The van der Waals surface area contributed by atoms with Crippen molar-refractivity contribution in [2.45, 2.75) is 107 Å². The van der Waals surface area contributed by atoms with Gasteiger partial charge in [0.25, 0.3) is 19.6 Å². The molecule has 14 nitrogen and oxygen atoms in total. The number of nitrogens with one attached hydrogen (secondary N) is 2. The van der Waals surface area contributed by atoms with Crippen LogP contribution in [0.5, 0.6) is 0 Å². The van der Waals surface area contributed by atoms with Crippen LogP contribution in [-0.2, 0) is 24.1 Å². The summed E-state index contributed by atoms with van der Waals surface area (Å²) >= 11 is 0. The summed E-state index contributed by atoms with van der Waals surface area (Å²) in [6.07, 6.45) is -3.57. The maximum Gasteiger partial charge on any atom is 0.330 e. The molecule has 0 amide bonds. The number of fused-ring (bicyclic) bond motifs is 1. The first-order valence-electron chi connectivity index (χ1n) is 16.3. The third-order valence-electron chi connectivity index (χ3n) is 9.51. The van der Waals surface area contributed by atoms with Crippen LogP contribution in [0.25, 0.3) is 0 Å². The van der Waals surface area contributed by atoms with Gasteiger partial charge < -0.3 is 23.6 Å². The molecule has 2 aromatic heterocycles. The number of rotatable bonds is 7.